The maximum Gasteiger partial charge on any atom is 0.217 e. The third kappa shape index (κ3) is 4.60. The minimum atomic E-state index is -0.819. The molecule has 1 heterocycles. The van der Waals surface area contributed by atoms with Crippen molar-refractivity contribution in [2.24, 2.45) is 10.9 Å². The lowest BCUT2D eigenvalue weighted by Gasteiger charge is -2.22. The van der Waals surface area contributed by atoms with Crippen molar-refractivity contribution >= 4 is 29.7 Å². The molecule has 0 N–H and O–H groups in total. The molecular weight excluding hydrogens is 405 g/mol. The van der Waals surface area contributed by atoms with Crippen LogP contribution in [0.25, 0.3) is 0 Å². The summed E-state index contributed by atoms with van der Waals surface area (Å²) in [6.45, 7) is 5.02. The Labute approximate surface area is 185 Å². The predicted octanol–water partition coefficient (Wildman–Crippen LogP) is 4.26. The Bertz CT molecular complexity index is 998. The van der Waals surface area contributed by atoms with Gasteiger partial charge in [0.1, 0.15) is 18.1 Å². The van der Waals surface area contributed by atoms with E-state index in [1.54, 1.807) is 14.2 Å². The standard InChI is InChI=1S/C26H28NO3P/c1-18(2)24-17-30-26(27-24)23-7-5-6-8-25(23)31(21-13-9-19(28-3)10-14-21)22-15-11-20(29-4)12-16-22/h5-16,18,24H,17H2,1-4H3/t24-/m0/s1. The molecule has 0 fully saturated rings. The number of benzene rings is 3. The molecule has 160 valence electrons. The van der Waals surface area contributed by atoms with Crippen molar-refractivity contribution in [2.75, 3.05) is 20.8 Å². The monoisotopic (exact) mass is 433 g/mol. The quantitative estimate of drug-likeness (QED) is 0.523. The number of hydrogen-bond donors (Lipinski definition) is 0. The molecule has 4 rings (SSSR count). The Balaban J connectivity index is 1.83. The second kappa shape index (κ2) is 9.53. The normalized spacial score (nSPS) is 15.7. The van der Waals surface area contributed by atoms with E-state index in [2.05, 4.69) is 62.4 Å². The molecule has 0 saturated heterocycles. The first-order valence-corrected chi connectivity index (χ1v) is 11.8. The van der Waals surface area contributed by atoms with Gasteiger partial charge in [-0.3, -0.25) is 0 Å². The SMILES string of the molecule is COc1ccc(P(c2ccc(OC)cc2)c2ccccc2C2=N[C@H](C(C)C)CO2)cc1. The van der Waals surface area contributed by atoms with Gasteiger partial charge in [-0.15, -0.1) is 0 Å². The first-order valence-electron chi connectivity index (χ1n) is 10.5. The summed E-state index contributed by atoms with van der Waals surface area (Å²) in [6, 6.07) is 25.4. The van der Waals surface area contributed by atoms with Crippen molar-refractivity contribution in [2.45, 2.75) is 19.9 Å². The van der Waals surface area contributed by atoms with E-state index in [1.807, 2.05) is 24.3 Å². The average molecular weight is 433 g/mol. The molecule has 0 bridgehead atoms. The van der Waals surface area contributed by atoms with Crippen LogP contribution in [0.5, 0.6) is 11.5 Å². The number of methoxy groups -OCH3 is 2. The van der Waals surface area contributed by atoms with Crippen molar-refractivity contribution in [3.05, 3.63) is 78.4 Å². The molecular formula is C26H28NO3P. The third-order valence-electron chi connectivity index (χ3n) is 5.48. The van der Waals surface area contributed by atoms with Gasteiger partial charge < -0.3 is 14.2 Å². The molecule has 4 nitrogen and oxygen atoms in total. The molecule has 0 radical (unpaired) electrons. The first-order chi connectivity index (χ1) is 15.1. The lowest BCUT2D eigenvalue weighted by Crippen LogP contribution is -2.25. The zero-order valence-electron chi connectivity index (χ0n) is 18.4. The maximum absolute atomic E-state index is 6.07. The number of rotatable bonds is 7. The number of nitrogens with zero attached hydrogens (tertiary/aromatic N) is 1. The fourth-order valence-corrected chi connectivity index (χ4v) is 6.01. The molecule has 5 heteroatoms. The van der Waals surface area contributed by atoms with E-state index in [-0.39, 0.29) is 6.04 Å². The van der Waals surface area contributed by atoms with Gasteiger partial charge >= 0.3 is 0 Å². The number of aliphatic imine (C=N–C) groups is 1. The van der Waals surface area contributed by atoms with E-state index in [0.717, 1.165) is 23.0 Å². The lowest BCUT2D eigenvalue weighted by atomic mass is 10.1. The first kappa shape index (κ1) is 21.4. The van der Waals surface area contributed by atoms with Gasteiger partial charge in [0.2, 0.25) is 5.90 Å². The second-order valence-corrected chi connectivity index (χ2v) is 9.99. The molecule has 0 aromatic heterocycles. The van der Waals surface area contributed by atoms with Crippen LogP contribution in [0.3, 0.4) is 0 Å². The van der Waals surface area contributed by atoms with Crippen molar-refractivity contribution in [1.82, 2.24) is 0 Å². The van der Waals surface area contributed by atoms with Crippen LogP contribution in [-0.2, 0) is 4.74 Å². The average Bonchev–Trinajstić information content (AvgIpc) is 3.31. The van der Waals surface area contributed by atoms with E-state index >= 15 is 0 Å². The Hall–Kier alpha value is -2.84. The second-order valence-electron chi connectivity index (χ2n) is 7.81. The van der Waals surface area contributed by atoms with E-state index in [1.165, 1.54) is 15.9 Å². The fraction of sp³-hybridized carbons (Fsp3) is 0.269. The van der Waals surface area contributed by atoms with Gasteiger partial charge in [-0.1, -0.05) is 56.3 Å². The van der Waals surface area contributed by atoms with Crippen molar-refractivity contribution < 1.29 is 14.2 Å². The topological polar surface area (TPSA) is 40.0 Å². The number of ether oxygens (including phenoxy) is 3. The molecule has 3 aromatic rings. The third-order valence-corrected chi connectivity index (χ3v) is 7.98. The maximum atomic E-state index is 6.07. The summed E-state index contributed by atoms with van der Waals surface area (Å²) < 4.78 is 16.8. The van der Waals surface area contributed by atoms with E-state index in [4.69, 9.17) is 19.2 Å². The minimum Gasteiger partial charge on any atom is -0.497 e. The van der Waals surface area contributed by atoms with Crippen LogP contribution in [0.15, 0.2) is 77.8 Å². The van der Waals surface area contributed by atoms with Gasteiger partial charge in [0.15, 0.2) is 0 Å². The Morgan fingerprint density at radius 3 is 1.87 bits per heavy atom. The van der Waals surface area contributed by atoms with E-state index in [9.17, 15) is 0 Å². The summed E-state index contributed by atoms with van der Waals surface area (Å²) in [5, 5.41) is 3.72. The Morgan fingerprint density at radius 2 is 1.39 bits per heavy atom. The largest absolute Gasteiger partial charge is 0.497 e. The van der Waals surface area contributed by atoms with Gasteiger partial charge in [0, 0.05) is 5.56 Å². The molecule has 0 unspecified atom stereocenters. The van der Waals surface area contributed by atoms with Crippen LogP contribution in [-0.4, -0.2) is 32.8 Å². The van der Waals surface area contributed by atoms with Gasteiger partial charge in [0.25, 0.3) is 0 Å². The zero-order valence-corrected chi connectivity index (χ0v) is 19.3. The van der Waals surface area contributed by atoms with Gasteiger partial charge in [-0.2, -0.15) is 0 Å². The predicted molar refractivity (Wildman–Crippen MR) is 129 cm³/mol. The van der Waals surface area contributed by atoms with Crippen LogP contribution in [0.1, 0.15) is 19.4 Å². The molecule has 1 atom stereocenters. The van der Waals surface area contributed by atoms with Crippen molar-refractivity contribution in [3.63, 3.8) is 0 Å². The molecule has 0 spiro atoms. The highest BCUT2D eigenvalue weighted by Gasteiger charge is 2.27. The van der Waals surface area contributed by atoms with Gasteiger partial charge in [-0.05, 0) is 60.1 Å². The van der Waals surface area contributed by atoms with Crippen LogP contribution in [0.2, 0.25) is 0 Å². The fourth-order valence-electron chi connectivity index (χ4n) is 3.62. The highest BCUT2D eigenvalue weighted by molar-refractivity contribution is 7.80. The molecule has 1 aliphatic rings. The molecule has 0 aliphatic carbocycles. The summed E-state index contributed by atoms with van der Waals surface area (Å²) in [5.41, 5.74) is 1.07. The summed E-state index contributed by atoms with van der Waals surface area (Å²) in [7, 11) is 2.56. The zero-order chi connectivity index (χ0) is 21.8. The van der Waals surface area contributed by atoms with E-state index < -0.39 is 7.92 Å². The highest BCUT2D eigenvalue weighted by Crippen LogP contribution is 2.36. The smallest absolute Gasteiger partial charge is 0.217 e. The summed E-state index contributed by atoms with van der Waals surface area (Å²) in [4.78, 5) is 4.91. The highest BCUT2D eigenvalue weighted by atomic mass is 31.1. The Kier molecular flexibility index (Phi) is 6.58. The Morgan fingerprint density at radius 1 is 0.839 bits per heavy atom. The summed E-state index contributed by atoms with van der Waals surface area (Å²) in [5.74, 6) is 2.91. The van der Waals surface area contributed by atoms with Crippen LogP contribution >= 0.6 is 7.92 Å². The van der Waals surface area contributed by atoms with Crippen LogP contribution < -0.4 is 25.4 Å². The minimum absolute atomic E-state index is 0.205. The molecule has 0 amide bonds. The van der Waals surface area contributed by atoms with E-state index in [0.29, 0.717) is 12.5 Å². The van der Waals surface area contributed by atoms with Crippen LogP contribution in [0, 0.1) is 5.92 Å². The van der Waals surface area contributed by atoms with Gasteiger partial charge in [-0.25, -0.2) is 4.99 Å². The number of hydrogen-bond acceptors (Lipinski definition) is 4. The van der Waals surface area contributed by atoms with Gasteiger partial charge in [0.05, 0.1) is 20.3 Å². The lowest BCUT2D eigenvalue weighted by molar-refractivity contribution is 0.292. The molecule has 0 saturated carbocycles. The summed E-state index contributed by atoms with van der Waals surface area (Å²) >= 11 is 0. The molecule has 3 aromatic carbocycles. The molecule has 1 aliphatic heterocycles. The van der Waals surface area contributed by atoms with Crippen molar-refractivity contribution in [3.8, 4) is 11.5 Å². The molecule has 31 heavy (non-hydrogen) atoms. The van der Waals surface area contributed by atoms with Crippen LogP contribution in [0.4, 0.5) is 0 Å². The summed E-state index contributed by atoms with van der Waals surface area (Å²) in [6.07, 6.45) is 0. The van der Waals surface area contributed by atoms with Crippen molar-refractivity contribution in [1.29, 1.82) is 0 Å².